The van der Waals surface area contributed by atoms with Gasteiger partial charge in [-0.2, -0.15) is 0 Å². The molecule has 6 heteroatoms. The van der Waals surface area contributed by atoms with Gasteiger partial charge in [0.2, 0.25) is 5.91 Å². The molecular formula is C16H17NO3S2. The Hall–Kier alpha value is -1.53. The Morgan fingerprint density at radius 2 is 1.95 bits per heavy atom. The standard InChI is InChI=1S/C16H17NO3S2/c18-16(17-14-7-8-22(19,20)11-14)10-21-15-6-5-12-3-1-2-4-13(12)9-15/h1-6,9,14H,7-8,10-11H2,(H,17,18). The number of rotatable bonds is 4. The summed E-state index contributed by atoms with van der Waals surface area (Å²) in [4.78, 5) is 13.0. The van der Waals surface area contributed by atoms with Crippen molar-refractivity contribution in [3.8, 4) is 0 Å². The molecule has 1 amide bonds. The van der Waals surface area contributed by atoms with Crippen LogP contribution in [-0.2, 0) is 14.6 Å². The maximum absolute atomic E-state index is 11.9. The van der Waals surface area contributed by atoms with E-state index < -0.39 is 9.84 Å². The van der Waals surface area contributed by atoms with E-state index in [2.05, 4.69) is 17.4 Å². The van der Waals surface area contributed by atoms with Crippen LogP contribution in [0.25, 0.3) is 10.8 Å². The smallest absolute Gasteiger partial charge is 0.230 e. The van der Waals surface area contributed by atoms with E-state index in [-0.39, 0.29) is 23.5 Å². The number of benzene rings is 2. The van der Waals surface area contributed by atoms with Crippen LogP contribution >= 0.6 is 11.8 Å². The van der Waals surface area contributed by atoms with Crippen molar-refractivity contribution in [3.05, 3.63) is 42.5 Å². The van der Waals surface area contributed by atoms with Gasteiger partial charge in [-0.05, 0) is 29.3 Å². The van der Waals surface area contributed by atoms with Gasteiger partial charge in [0, 0.05) is 10.9 Å². The van der Waals surface area contributed by atoms with Crippen LogP contribution in [0, 0.1) is 0 Å². The van der Waals surface area contributed by atoms with Gasteiger partial charge in [-0.1, -0.05) is 30.3 Å². The molecular weight excluding hydrogens is 318 g/mol. The number of hydrogen-bond donors (Lipinski definition) is 1. The molecule has 1 fully saturated rings. The van der Waals surface area contributed by atoms with Crippen molar-refractivity contribution in [1.82, 2.24) is 5.32 Å². The van der Waals surface area contributed by atoms with Crippen LogP contribution in [-0.4, -0.2) is 37.6 Å². The van der Waals surface area contributed by atoms with Gasteiger partial charge in [-0.15, -0.1) is 11.8 Å². The van der Waals surface area contributed by atoms with Crippen LogP contribution in [0.3, 0.4) is 0 Å². The number of sulfone groups is 1. The summed E-state index contributed by atoms with van der Waals surface area (Å²) in [5.74, 6) is 0.435. The number of hydrogen-bond acceptors (Lipinski definition) is 4. The number of carbonyl (C=O) groups is 1. The fourth-order valence-electron chi connectivity index (χ4n) is 2.58. The molecule has 1 aliphatic heterocycles. The van der Waals surface area contributed by atoms with E-state index in [1.54, 1.807) is 0 Å². The number of nitrogens with one attached hydrogen (secondary N) is 1. The summed E-state index contributed by atoms with van der Waals surface area (Å²) in [5.41, 5.74) is 0. The molecule has 2 aromatic rings. The van der Waals surface area contributed by atoms with Gasteiger partial charge in [0.15, 0.2) is 9.84 Å². The monoisotopic (exact) mass is 335 g/mol. The second kappa shape index (κ2) is 6.30. The van der Waals surface area contributed by atoms with Crippen LogP contribution in [0.2, 0.25) is 0 Å². The van der Waals surface area contributed by atoms with Crippen LogP contribution < -0.4 is 5.32 Å². The number of fused-ring (bicyclic) bond motifs is 1. The molecule has 1 N–H and O–H groups in total. The minimum absolute atomic E-state index is 0.0688. The molecule has 0 saturated carbocycles. The molecule has 3 rings (SSSR count). The Morgan fingerprint density at radius 3 is 2.68 bits per heavy atom. The van der Waals surface area contributed by atoms with Crippen molar-refractivity contribution >= 4 is 38.3 Å². The first-order valence-electron chi connectivity index (χ1n) is 7.13. The van der Waals surface area contributed by atoms with E-state index in [1.165, 1.54) is 17.1 Å². The minimum atomic E-state index is -2.95. The number of amides is 1. The van der Waals surface area contributed by atoms with Gasteiger partial charge in [0.1, 0.15) is 0 Å². The maximum Gasteiger partial charge on any atom is 0.230 e. The normalized spacial score (nSPS) is 20.1. The molecule has 0 bridgehead atoms. The first kappa shape index (κ1) is 15.4. The highest BCUT2D eigenvalue weighted by Crippen LogP contribution is 2.23. The van der Waals surface area contributed by atoms with Crippen molar-refractivity contribution < 1.29 is 13.2 Å². The lowest BCUT2D eigenvalue weighted by Crippen LogP contribution is -2.36. The molecule has 0 aromatic heterocycles. The van der Waals surface area contributed by atoms with Gasteiger partial charge in [0.25, 0.3) is 0 Å². The van der Waals surface area contributed by atoms with E-state index in [4.69, 9.17) is 0 Å². The lowest BCUT2D eigenvalue weighted by molar-refractivity contribution is -0.119. The Morgan fingerprint density at radius 1 is 1.18 bits per heavy atom. The molecule has 22 heavy (non-hydrogen) atoms. The third kappa shape index (κ3) is 3.81. The van der Waals surface area contributed by atoms with Gasteiger partial charge >= 0.3 is 0 Å². The molecule has 4 nitrogen and oxygen atoms in total. The largest absolute Gasteiger partial charge is 0.352 e. The zero-order chi connectivity index (χ0) is 15.6. The maximum atomic E-state index is 11.9. The van der Waals surface area contributed by atoms with Crippen LogP contribution in [0.15, 0.2) is 47.4 Å². The Balaban J connectivity index is 1.56. The quantitative estimate of drug-likeness (QED) is 0.871. The van der Waals surface area contributed by atoms with Gasteiger partial charge in [-0.25, -0.2) is 8.42 Å². The lowest BCUT2D eigenvalue weighted by atomic mass is 10.1. The average molecular weight is 335 g/mol. The van der Waals surface area contributed by atoms with Gasteiger partial charge < -0.3 is 5.32 Å². The van der Waals surface area contributed by atoms with Crippen molar-refractivity contribution in [2.75, 3.05) is 17.3 Å². The number of thioether (sulfide) groups is 1. The van der Waals surface area contributed by atoms with Crippen molar-refractivity contribution in [3.63, 3.8) is 0 Å². The van der Waals surface area contributed by atoms with Crippen LogP contribution in [0.5, 0.6) is 0 Å². The molecule has 1 saturated heterocycles. The summed E-state index contributed by atoms with van der Waals surface area (Å²) in [6.45, 7) is 0. The summed E-state index contributed by atoms with van der Waals surface area (Å²) in [5, 5.41) is 5.12. The third-order valence-corrected chi connectivity index (χ3v) is 6.45. The van der Waals surface area contributed by atoms with E-state index in [9.17, 15) is 13.2 Å². The summed E-state index contributed by atoms with van der Waals surface area (Å²) in [7, 11) is -2.95. The van der Waals surface area contributed by atoms with E-state index in [1.807, 2.05) is 30.3 Å². The van der Waals surface area contributed by atoms with Crippen molar-refractivity contribution in [1.29, 1.82) is 0 Å². The van der Waals surface area contributed by atoms with E-state index in [0.717, 1.165) is 10.3 Å². The number of carbonyl (C=O) groups excluding carboxylic acids is 1. The van der Waals surface area contributed by atoms with Crippen LogP contribution in [0.4, 0.5) is 0 Å². The van der Waals surface area contributed by atoms with E-state index in [0.29, 0.717) is 12.2 Å². The van der Waals surface area contributed by atoms with Gasteiger partial charge in [-0.3, -0.25) is 4.79 Å². The first-order chi connectivity index (χ1) is 10.5. The van der Waals surface area contributed by atoms with Crippen molar-refractivity contribution in [2.24, 2.45) is 0 Å². The van der Waals surface area contributed by atoms with Gasteiger partial charge in [0.05, 0.1) is 17.3 Å². The molecule has 1 aliphatic rings. The third-order valence-electron chi connectivity index (χ3n) is 3.69. The zero-order valence-corrected chi connectivity index (χ0v) is 13.6. The molecule has 1 heterocycles. The highest BCUT2D eigenvalue weighted by Gasteiger charge is 2.28. The van der Waals surface area contributed by atoms with Crippen molar-refractivity contribution in [2.45, 2.75) is 17.4 Å². The predicted octanol–water partition coefficient (Wildman–Crippen LogP) is 2.24. The van der Waals surface area contributed by atoms with E-state index >= 15 is 0 Å². The average Bonchev–Trinajstić information content (AvgIpc) is 2.84. The molecule has 0 radical (unpaired) electrons. The molecule has 1 unspecified atom stereocenters. The second-order valence-electron chi connectivity index (χ2n) is 5.47. The molecule has 116 valence electrons. The highest BCUT2D eigenvalue weighted by molar-refractivity contribution is 8.00. The Kier molecular flexibility index (Phi) is 4.40. The summed E-state index contributed by atoms with van der Waals surface area (Å²) in [6, 6.07) is 14.0. The summed E-state index contributed by atoms with van der Waals surface area (Å²) in [6.07, 6.45) is 0.523. The molecule has 0 aliphatic carbocycles. The Labute approximate surface area is 134 Å². The van der Waals surface area contributed by atoms with Crippen LogP contribution in [0.1, 0.15) is 6.42 Å². The molecule has 2 aromatic carbocycles. The lowest BCUT2D eigenvalue weighted by Gasteiger charge is -2.10. The molecule has 1 atom stereocenters. The topological polar surface area (TPSA) is 63.2 Å². The zero-order valence-electron chi connectivity index (χ0n) is 12.0. The first-order valence-corrected chi connectivity index (χ1v) is 9.94. The predicted molar refractivity (Wildman–Crippen MR) is 89.9 cm³/mol. The molecule has 0 spiro atoms. The Bertz CT molecular complexity index is 802. The highest BCUT2D eigenvalue weighted by atomic mass is 32.2. The fourth-order valence-corrected chi connectivity index (χ4v) is 5.01. The fraction of sp³-hybridized carbons (Fsp3) is 0.312. The second-order valence-corrected chi connectivity index (χ2v) is 8.74. The SMILES string of the molecule is O=C(CSc1ccc2ccccc2c1)NC1CCS(=O)(=O)C1. The summed E-state index contributed by atoms with van der Waals surface area (Å²) < 4.78 is 22.7. The minimum Gasteiger partial charge on any atom is -0.352 e. The summed E-state index contributed by atoms with van der Waals surface area (Å²) >= 11 is 1.47.